The van der Waals surface area contributed by atoms with Gasteiger partial charge < -0.3 is 19.7 Å². The third-order valence-corrected chi connectivity index (χ3v) is 2.63. The highest BCUT2D eigenvalue weighted by atomic mass is 16.6. The number of aliphatic hydroxyl groups excluding tert-OH is 1. The molecule has 1 amide bonds. The van der Waals surface area contributed by atoms with Gasteiger partial charge in [0.05, 0.1) is 7.11 Å². The van der Waals surface area contributed by atoms with Crippen LogP contribution in [0.15, 0.2) is 18.2 Å². The Hall–Kier alpha value is -2.28. The van der Waals surface area contributed by atoms with Gasteiger partial charge in [0.1, 0.15) is 11.4 Å². The average Bonchev–Trinajstić information content (AvgIpc) is 2.37. The number of carbonyl (C=O) groups is 2. The third-order valence-electron chi connectivity index (χ3n) is 2.63. The lowest BCUT2D eigenvalue weighted by Crippen LogP contribution is -2.27. The molecule has 0 saturated carbocycles. The molecule has 0 heterocycles. The van der Waals surface area contributed by atoms with Crippen molar-refractivity contribution in [3.63, 3.8) is 0 Å². The number of amides is 1. The first-order valence-corrected chi connectivity index (χ1v) is 6.70. The fraction of sp³-hybridized carbons (Fsp3) is 0.467. The molecule has 3 N–H and O–H groups in total. The maximum atomic E-state index is 11.7. The SMILES string of the molecule is COc1cc(NC(=O)OC(C)(C)C)ccc1CC(O)C(=O)O. The van der Waals surface area contributed by atoms with Crippen LogP contribution in [-0.2, 0) is 16.0 Å². The zero-order chi connectivity index (χ0) is 16.9. The summed E-state index contributed by atoms with van der Waals surface area (Å²) in [6.07, 6.45) is -2.21. The molecule has 0 saturated heterocycles. The van der Waals surface area contributed by atoms with Crippen molar-refractivity contribution in [2.24, 2.45) is 0 Å². The average molecular weight is 311 g/mol. The summed E-state index contributed by atoms with van der Waals surface area (Å²) in [6, 6.07) is 4.70. The molecular weight excluding hydrogens is 290 g/mol. The molecule has 0 bridgehead atoms. The van der Waals surface area contributed by atoms with Crippen LogP contribution in [0.4, 0.5) is 10.5 Å². The minimum absolute atomic E-state index is 0.0920. The Bertz CT molecular complexity index is 549. The molecule has 0 aliphatic carbocycles. The Labute approximate surface area is 128 Å². The Balaban J connectivity index is 2.84. The van der Waals surface area contributed by atoms with Crippen LogP contribution in [0, 0.1) is 0 Å². The number of anilines is 1. The van der Waals surface area contributed by atoms with Gasteiger partial charge in [-0.25, -0.2) is 9.59 Å². The van der Waals surface area contributed by atoms with Crippen molar-refractivity contribution in [3.8, 4) is 5.75 Å². The van der Waals surface area contributed by atoms with Crippen LogP contribution in [-0.4, -0.2) is 41.1 Å². The van der Waals surface area contributed by atoms with Crippen molar-refractivity contribution in [1.29, 1.82) is 0 Å². The van der Waals surface area contributed by atoms with E-state index >= 15 is 0 Å². The van der Waals surface area contributed by atoms with Crippen LogP contribution >= 0.6 is 0 Å². The van der Waals surface area contributed by atoms with E-state index in [1.165, 1.54) is 13.2 Å². The minimum Gasteiger partial charge on any atom is -0.496 e. The summed E-state index contributed by atoms with van der Waals surface area (Å²) in [5.41, 5.74) is 0.353. The van der Waals surface area contributed by atoms with Crippen LogP contribution in [0.1, 0.15) is 26.3 Å². The van der Waals surface area contributed by atoms with E-state index in [-0.39, 0.29) is 6.42 Å². The summed E-state index contributed by atoms with van der Waals surface area (Å²) in [4.78, 5) is 22.4. The second-order valence-corrected chi connectivity index (χ2v) is 5.71. The number of carboxylic acid groups (broad SMARTS) is 1. The Kier molecular flexibility index (Phi) is 5.76. The number of ether oxygens (including phenoxy) is 2. The normalized spacial score (nSPS) is 12.4. The molecule has 7 nitrogen and oxygen atoms in total. The maximum absolute atomic E-state index is 11.7. The topological polar surface area (TPSA) is 105 Å². The van der Waals surface area contributed by atoms with Crippen molar-refractivity contribution in [2.75, 3.05) is 12.4 Å². The van der Waals surface area contributed by atoms with E-state index in [0.29, 0.717) is 17.0 Å². The van der Waals surface area contributed by atoms with Gasteiger partial charge in [-0.3, -0.25) is 5.32 Å². The van der Waals surface area contributed by atoms with E-state index in [0.717, 1.165) is 0 Å². The highest BCUT2D eigenvalue weighted by molar-refractivity contribution is 5.85. The molecule has 1 unspecified atom stereocenters. The standard InChI is InChI=1S/C15H21NO6/c1-15(2,3)22-14(20)16-10-6-5-9(12(8-10)21-4)7-11(17)13(18)19/h5-6,8,11,17H,7H2,1-4H3,(H,16,20)(H,18,19). The lowest BCUT2D eigenvalue weighted by atomic mass is 10.1. The highest BCUT2D eigenvalue weighted by Gasteiger charge is 2.19. The van der Waals surface area contributed by atoms with E-state index in [1.54, 1.807) is 32.9 Å². The molecule has 122 valence electrons. The molecule has 7 heteroatoms. The fourth-order valence-electron chi connectivity index (χ4n) is 1.71. The largest absolute Gasteiger partial charge is 0.496 e. The van der Waals surface area contributed by atoms with Gasteiger partial charge >= 0.3 is 12.1 Å². The molecule has 0 aromatic heterocycles. The molecule has 1 atom stereocenters. The number of aliphatic hydroxyl groups is 1. The molecule has 0 fully saturated rings. The second-order valence-electron chi connectivity index (χ2n) is 5.71. The third kappa shape index (κ3) is 5.61. The number of benzene rings is 1. The molecule has 0 aliphatic heterocycles. The van der Waals surface area contributed by atoms with Gasteiger partial charge in [0.25, 0.3) is 0 Å². The Morgan fingerprint density at radius 3 is 2.45 bits per heavy atom. The van der Waals surface area contributed by atoms with E-state index in [1.807, 2.05) is 0 Å². The molecule has 1 aromatic carbocycles. The summed E-state index contributed by atoms with van der Waals surface area (Å²) in [5, 5.41) is 20.7. The van der Waals surface area contributed by atoms with Gasteiger partial charge in [-0.05, 0) is 32.4 Å². The number of hydrogen-bond donors (Lipinski definition) is 3. The highest BCUT2D eigenvalue weighted by Crippen LogP contribution is 2.25. The summed E-state index contributed by atoms with van der Waals surface area (Å²) >= 11 is 0. The van der Waals surface area contributed by atoms with Crippen molar-refractivity contribution in [2.45, 2.75) is 38.9 Å². The van der Waals surface area contributed by atoms with Crippen molar-refractivity contribution >= 4 is 17.7 Å². The molecule has 0 spiro atoms. The number of carboxylic acids is 1. The number of methoxy groups -OCH3 is 1. The van der Waals surface area contributed by atoms with E-state index < -0.39 is 23.8 Å². The van der Waals surface area contributed by atoms with Gasteiger partial charge in [0.15, 0.2) is 6.10 Å². The van der Waals surface area contributed by atoms with Gasteiger partial charge in [-0.2, -0.15) is 0 Å². The molecule has 0 radical (unpaired) electrons. The molecule has 0 aliphatic rings. The van der Waals surface area contributed by atoms with Crippen molar-refractivity contribution in [1.82, 2.24) is 0 Å². The summed E-state index contributed by atoms with van der Waals surface area (Å²) < 4.78 is 10.3. The number of aliphatic carboxylic acids is 1. The first-order chi connectivity index (χ1) is 10.1. The zero-order valence-electron chi connectivity index (χ0n) is 13.0. The van der Waals surface area contributed by atoms with E-state index in [9.17, 15) is 14.7 Å². The van der Waals surface area contributed by atoms with Crippen LogP contribution < -0.4 is 10.1 Å². The first-order valence-electron chi connectivity index (χ1n) is 6.70. The van der Waals surface area contributed by atoms with Crippen molar-refractivity contribution in [3.05, 3.63) is 23.8 Å². The summed E-state index contributed by atoms with van der Waals surface area (Å²) in [6.45, 7) is 5.26. The predicted molar refractivity (Wildman–Crippen MR) is 80.2 cm³/mol. The lowest BCUT2D eigenvalue weighted by molar-refractivity contribution is -0.146. The zero-order valence-corrected chi connectivity index (χ0v) is 13.0. The fourth-order valence-corrected chi connectivity index (χ4v) is 1.71. The van der Waals surface area contributed by atoms with Crippen molar-refractivity contribution < 1.29 is 29.3 Å². The molecule has 1 aromatic rings. The first kappa shape index (κ1) is 17.8. The van der Waals surface area contributed by atoms with Crippen LogP contribution in [0.3, 0.4) is 0 Å². The minimum atomic E-state index is -1.52. The predicted octanol–water partition coefficient (Wildman–Crippen LogP) is 2.03. The van der Waals surface area contributed by atoms with Crippen LogP contribution in [0.2, 0.25) is 0 Å². The van der Waals surface area contributed by atoms with Gasteiger partial charge in [0, 0.05) is 18.2 Å². The maximum Gasteiger partial charge on any atom is 0.412 e. The molecule has 1 rings (SSSR count). The summed E-state index contributed by atoms with van der Waals surface area (Å²) in [7, 11) is 1.42. The Morgan fingerprint density at radius 2 is 1.95 bits per heavy atom. The lowest BCUT2D eigenvalue weighted by Gasteiger charge is -2.20. The molecule has 22 heavy (non-hydrogen) atoms. The summed E-state index contributed by atoms with van der Waals surface area (Å²) in [5.74, 6) is -0.938. The molecular formula is C15H21NO6. The van der Waals surface area contributed by atoms with Crippen LogP contribution in [0.5, 0.6) is 5.75 Å². The number of rotatable bonds is 5. The second kappa shape index (κ2) is 7.13. The van der Waals surface area contributed by atoms with Crippen LogP contribution in [0.25, 0.3) is 0 Å². The van der Waals surface area contributed by atoms with Gasteiger partial charge in [0.2, 0.25) is 0 Å². The van der Waals surface area contributed by atoms with E-state index in [4.69, 9.17) is 14.6 Å². The van der Waals surface area contributed by atoms with Gasteiger partial charge in [-0.1, -0.05) is 6.07 Å². The van der Waals surface area contributed by atoms with E-state index in [2.05, 4.69) is 5.32 Å². The quantitative estimate of drug-likeness (QED) is 0.768. The smallest absolute Gasteiger partial charge is 0.412 e. The van der Waals surface area contributed by atoms with Gasteiger partial charge in [-0.15, -0.1) is 0 Å². The Morgan fingerprint density at radius 1 is 1.32 bits per heavy atom. The number of nitrogens with one attached hydrogen (secondary N) is 1. The number of carbonyl (C=O) groups excluding carboxylic acids is 1. The number of hydrogen-bond acceptors (Lipinski definition) is 5. The monoisotopic (exact) mass is 311 g/mol.